The van der Waals surface area contributed by atoms with Gasteiger partial charge in [-0.25, -0.2) is 4.57 Å². The van der Waals surface area contributed by atoms with E-state index < -0.39 is 30.2 Å². The zero-order chi connectivity index (χ0) is 15.6. The van der Waals surface area contributed by atoms with Gasteiger partial charge in [-0.1, -0.05) is 0 Å². The number of phosphoric acid groups is 1. The zero-order valence-corrected chi connectivity index (χ0v) is 10.2. The van der Waals surface area contributed by atoms with Crippen LogP contribution in [0.4, 0.5) is 0 Å². The molecule has 14 heteroatoms. The van der Waals surface area contributed by atoms with E-state index in [-0.39, 0.29) is 12.8 Å². The Morgan fingerprint density at radius 3 is 1.06 bits per heavy atom. The summed E-state index contributed by atoms with van der Waals surface area (Å²) in [5, 5.41) is 15.8. The van der Waals surface area contributed by atoms with Gasteiger partial charge in [0.05, 0.1) is 12.8 Å². The molecule has 0 rings (SSSR count). The Morgan fingerprint density at radius 1 is 0.889 bits per heavy atom. The average molecular weight is 314 g/mol. The quantitative estimate of drug-likeness (QED) is 0.229. The first-order valence-corrected chi connectivity index (χ1v) is 6.51. The molecule has 0 aliphatic rings. The van der Waals surface area contributed by atoms with Gasteiger partial charge in [0.1, 0.15) is 0 Å². The summed E-state index contributed by atoms with van der Waals surface area (Å²) >= 11 is 0. The second-order valence-electron chi connectivity index (χ2n) is 2.25. The lowest BCUT2D eigenvalue weighted by Gasteiger charge is -1.85. The van der Waals surface area contributed by atoms with Crippen LogP contribution in [0.25, 0.3) is 0 Å². The minimum absolute atomic E-state index is 0.296. The van der Waals surface area contributed by atoms with Crippen molar-refractivity contribution in [1.29, 1.82) is 0 Å². The molecule has 12 nitrogen and oxygen atoms in total. The molecule has 110 valence electrons. The summed E-state index contributed by atoms with van der Waals surface area (Å²) in [6, 6.07) is 0. The molecule has 0 amide bonds. The number of carbonyl (C=O) groups is 2. The summed E-state index contributed by atoms with van der Waals surface area (Å²) in [4.78, 5) is 40.8. The third-order valence-electron chi connectivity index (χ3n) is 0.553. The van der Waals surface area contributed by atoms with Crippen LogP contribution in [0.1, 0.15) is 12.8 Å². The summed E-state index contributed by atoms with van der Waals surface area (Å²) in [6.45, 7) is 0. The Hall–Kier alpha value is -1.08. The minimum Gasteiger partial charge on any atom is -0.481 e. The van der Waals surface area contributed by atoms with Crippen LogP contribution in [0.5, 0.6) is 0 Å². The molecule has 0 unspecified atom stereocenters. The van der Waals surface area contributed by atoms with E-state index in [1.165, 1.54) is 0 Å². The van der Waals surface area contributed by atoms with Crippen LogP contribution in [-0.2, 0) is 24.6 Å². The van der Waals surface area contributed by atoms with Crippen LogP contribution in [-0.4, -0.2) is 54.4 Å². The summed E-state index contributed by atoms with van der Waals surface area (Å²) in [6.07, 6.45) is -0.593. The zero-order valence-electron chi connectivity index (χ0n) is 8.44. The van der Waals surface area contributed by atoms with Gasteiger partial charge in [-0.15, -0.1) is 0 Å². The largest absolute Gasteiger partial charge is 0.481 e. The predicted molar refractivity (Wildman–Crippen MR) is 52.9 cm³/mol. The van der Waals surface area contributed by atoms with Crippen LogP contribution in [0.2, 0.25) is 0 Å². The molecule has 0 fully saturated rings. The van der Waals surface area contributed by atoms with E-state index in [2.05, 4.69) is 0 Å². The molecule has 0 bridgehead atoms. The van der Waals surface area contributed by atoms with Crippen molar-refractivity contribution in [3.05, 3.63) is 0 Å². The number of carboxylic acid groups (broad SMARTS) is 2. The highest BCUT2D eigenvalue weighted by Crippen LogP contribution is 2.25. The number of hydrogen-bond donors (Lipinski definition) is 7. The van der Waals surface area contributed by atoms with E-state index in [4.69, 9.17) is 47.0 Å². The maximum Gasteiger partial charge on any atom is 0.466 e. The van der Waals surface area contributed by atoms with Gasteiger partial charge in [0.25, 0.3) is 0 Å². The summed E-state index contributed by atoms with van der Waals surface area (Å²) < 4.78 is 40.5. The molecule has 0 spiro atoms. The lowest BCUT2D eigenvalue weighted by molar-refractivity contribution is -0.143. The van der Waals surface area contributed by atoms with Crippen LogP contribution in [0.15, 0.2) is 0 Å². The van der Waals surface area contributed by atoms with E-state index >= 15 is 0 Å². The summed E-state index contributed by atoms with van der Waals surface area (Å²) in [5.41, 5.74) is 0. The Morgan fingerprint density at radius 2 is 1.00 bits per heavy atom. The van der Waals surface area contributed by atoms with E-state index in [1.807, 2.05) is 0 Å². The van der Waals surface area contributed by atoms with Crippen molar-refractivity contribution >= 4 is 30.2 Å². The van der Waals surface area contributed by atoms with Crippen molar-refractivity contribution in [2.75, 3.05) is 0 Å². The number of carboxylic acids is 2. The molecular formula is C4H11O12PS. The minimum atomic E-state index is -4.67. The first kappa shape index (κ1) is 22.1. The molecule has 0 aromatic rings. The second kappa shape index (κ2) is 9.90. The molecule has 0 aliphatic heterocycles. The smallest absolute Gasteiger partial charge is 0.466 e. The Balaban J connectivity index is -0.000000197. The first-order valence-electron chi connectivity index (χ1n) is 3.54. The normalized spacial score (nSPS) is 10.3. The van der Waals surface area contributed by atoms with E-state index in [0.717, 1.165) is 0 Å². The van der Waals surface area contributed by atoms with E-state index in [0.29, 0.717) is 0 Å². The second-order valence-corrected chi connectivity index (χ2v) is 4.17. The van der Waals surface area contributed by atoms with Gasteiger partial charge in [-0.2, -0.15) is 8.42 Å². The van der Waals surface area contributed by atoms with Crippen molar-refractivity contribution in [2.45, 2.75) is 12.8 Å². The fourth-order valence-corrected chi connectivity index (χ4v) is 0.214. The third kappa shape index (κ3) is 188. The molecule has 0 atom stereocenters. The maximum absolute atomic E-state index is 9.64. The molecule has 0 aromatic heterocycles. The Kier molecular flexibility index (Phi) is 12.2. The fourth-order valence-electron chi connectivity index (χ4n) is 0.214. The van der Waals surface area contributed by atoms with Crippen LogP contribution in [0.3, 0.4) is 0 Å². The number of hydrogen-bond acceptors (Lipinski definition) is 5. The molecule has 0 aromatic carbocycles. The van der Waals surface area contributed by atoms with Crippen molar-refractivity contribution < 1.29 is 56.6 Å². The van der Waals surface area contributed by atoms with Gasteiger partial charge < -0.3 is 24.9 Å². The SMILES string of the molecule is O=C(O)CCC(=O)O.O=P(O)(O)O.O=S(=O)(O)O. The van der Waals surface area contributed by atoms with Gasteiger partial charge in [-0.3, -0.25) is 18.7 Å². The van der Waals surface area contributed by atoms with Gasteiger partial charge in [0.15, 0.2) is 0 Å². The standard InChI is InChI=1S/C4H6O4.H3O4P.H2O4S/c5-3(6)1-2-4(7)8;2*1-5(2,3)4/h1-2H2,(H,5,6)(H,7,8);(H3,1,2,3,4);(H2,1,2,3,4). The van der Waals surface area contributed by atoms with Gasteiger partial charge in [0.2, 0.25) is 0 Å². The van der Waals surface area contributed by atoms with Crippen LogP contribution in [0, 0.1) is 0 Å². The van der Waals surface area contributed by atoms with E-state index in [1.54, 1.807) is 0 Å². The summed E-state index contributed by atoms with van der Waals surface area (Å²) in [7, 11) is -9.31. The molecule has 7 N–H and O–H groups in total. The molecule has 0 aliphatic carbocycles. The molecule has 18 heavy (non-hydrogen) atoms. The predicted octanol–water partition coefficient (Wildman–Crippen LogP) is -1.65. The van der Waals surface area contributed by atoms with Gasteiger partial charge in [-0.05, 0) is 0 Å². The summed E-state index contributed by atoms with van der Waals surface area (Å²) in [5.74, 6) is -2.15. The Labute approximate surface area is 100 Å². The van der Waals surface area contributed by atoms with Crippen LogP contribution < -0.4 is 0 Å². The monoisotopic (exact) mass is 314 g/mol. The molecule has 0 saturated heterocycles. The van der Waals surface area contributed by atoms with E-state index in [9.17, 15) is 9.59 Å². The van der Waals surface area contributed by atoms with Crippen molar-refractivity contribution in [2.24, 2.45) is 0 Å². The fraction of sp³-hybridized carbons (Fsp3) is 0.500. The molecule has 0 radical (unpaired) electrons. The topological polar surface area (TPSA) is 227 Å². The molecular weight excluding hydrogens is 303 g/mol. The highest BCUT2D eigenvalue weighted by Gasteiger charge is 2.00. The highest BCUT2D eigenvalue weighted by atomic mass is 32.3. The van der Waals surface area contributed by atoms with Gasteiger partial charge >= 0.3 is 30.2 Å². The number of aliphatic carboxylic acids is 2. The van der Waals surface area contributed by atoms with Crippen molar-refractivity contribution in [3.63, 3.8) is 0 Å². The lowest BCUT2D eigenvalue weighted by Crippen LogP contribution is -2.00. The average Bonchev–Trinajstić information content (AvgIpc) is 1.93. The molecule has 0 saturated carbocycles. The lowest BCUT2D eigenvalue weighted by atomic mass is 10.3. The highest BCUT2D eigenvalue weighted by molar-refractivity contribution is 7.79. The Bertz CT molecular complexity index is 360. The number of rotatable bonds is 3. The van der Waals surface area contributed by atoms with Gasteiger partial charge in [0, 0.05) is 0 Å². The molecule has 0 heterocycles. The van der Waals surface area contributed by atoms with Crippen LogP contribution >= 0.6 is 7.82 Å². The van der Waals surface area contributed by atoms with Crippen molar-refractivity contribution in [1.82, 2.24) is 0 Å². The van der Waals surface area contributed by atoms with Crippen molar-refractivity contribution in [3.8, 4) is 0 Å². The third-order valence-corrected chi connectivity index (χ3v) is 0.553. The maximum atomic E-state index is 9.64. The first-order chi connectivity index (χ1) is 7.63.